The van der Waals surface area contributed by atoms with Crippen molar-refractivity contribution in [1.82, 2.24) is 4.98 Å². The molecule has 0 saturated carbocycles. The molecule has 4 rings (SSSR count). The fourth-order valence-corrected chi connectivity index (χ4v) is 4.76. The van der Waals surface area contributed by atoms with Crippen LogP contribution in [0.1, 0.15) is 28.8 Å². The van der Waals surface area contributed by atoms with Gasteiger partial charge in [0.15, 0.2) is 5.13 Å². The lowest BCUT2D eigenvalue weighted by atomic mass is 10.1. The number of anilines is 1. The lowest BCUT2D eigenvalue weighted by molar-refractivity contribution is 0.0917. The Morgan fingerprint density at radius 2 is 1.90 bits per heavy atom. The second-order valence-corrected chi connectivity index (χ2v) is 8.39. The fourth-order valence-electron chi connectivity index (χ4n) is 3.71. The van der Waals surface area contributed by atoms with Gasteiger partial charge in [-0.25, -0.2) is 4.98 Å². The molecule has 1 unspecified atom stereocenters. The maximum atomic E-state index is 13.7. The molecule has 2 heterocycles. The van der Waals surface area contributed by atoms with Gasteiger partial charge in [0.25, 0.3) is 5.91 Å². The molecule has 1 saturated heterocycles. The number of aryl methyl sites for hydroxylation is 1. The lowest BCUT2D eigenvalue weighted by Crippen LogP contribution is -2.37. The van der Waals surface area contributed by atoms with Crippen LogP contribution in [0.4, 0.5) is 5.13 Å². The quantitative estimate of drug-likeness (QED) is 0.538. The fraction of sp³-hybridized carbons (Fsp3) is 0.391. The van der Waals surface area contributed by atoms with Crippen LogP contribution in [0, 0.1) is 6.92 Å². The molecule has 0 radical (unpaired) electrons. The van der Waals surface area contributed by atoms with Gasteiger partial charge in [0, 0.05) is 18.2 Å². The second kappa shape index (κ2) is 9.11. The molecule has 0 bridgehead atoms. The molecule has 7 nitrogen and oxygen atoms in total. The summed E-state index contributed by atoms with van der Waals surface area (Å²) < 4.78 is 23.0. The van der Waals surface area contributed by atoms with E-state index in [0.29, 0.717) is 41.1 Å². The smallest absolute Gasteiger partial charge is 0.260 e. The van der Waals surface area contributed by atoms with E-state index < -0.39 is 0 Å². The summed E-state index contributed by atoms with van der Waals surface area (Å²) in [7, 11) is 4.76. The van der Waals surface area contributed by atoms with E-state index in [-0.39, 0.29) is 12.0 Å². The van der Waals surface area contributed by atoms with Gasteiger partial charge in [-0.3, -0.25) is 9.69 Å². The molecular weight excluding hydrogens is 416 g/mol. The van der Waals surface area contributed by atoms with Crippen molar-refractivity contribution in [2.45, 2.75) is 25.9 Å². The summed E-state index contributed by atoms with van der Waals surface area (Å²) in [6.45, 7) is 3.18. The first-order valence-corrected chi connectivity index (χ1v) is 11.0. The van der Waals surface area contributed by atoms with Gasteiger partial charge >= 0.3 is 0 Å². The van der Waals surface area contributed by atoms with Crippen LogP contribution >= 0.6 is 11.3 Å². The molecule has 8 heteroatoms. The number of methoxy groups -OCH3 is 3. The zero-order chi connectivity index (χ0) is 22.0. The van der Waals surface area contributed by atoms with Gasteiger partial charge in [-0.15, -0.1) is 0 Å². The summed E-state index contributed by atoms with van der Waals surface area (Å²) in [5.41, 5.74) is 2.32. The van der Waals surface area contributed by atoms with Crippen molar-refractivity contribution < 1.29 is 23.7 Å². The molecule has 1 aliphatic heterocycles. The largest absolute Gasteiger partial charge is 0.497 e. The van der Waals surface area contributed by atoms with E-state index in [1.54, 1.807) is 44.4 Å². The average Bonchev–Trinajstić information content (AvgIpc) is 3.47. The Hall–Kier alpha value is -2.84. The predicted octanol–water partition coefficient (Wildman–Crippen LogP) is 4.46. The van der Waals surface area contributed by atoms with E-state index in [2.05, 4.69) is 0 Å². The number of benzene rings is 2. The average molecular weight is 443 g/mol. The first kappa shape index (κ1) is 21.4. The van der Waals surface area contributed by atoms with Crippen LogP contribution in [0.25, 0.3) is 10.2 Å². The van der Waals surface area contributed by atoms with E-state index in [1.165, 1.54) is 11.3 Å². The number of thiazole rings is 1. The third-order valence-corrected chi connectivity index (χ3v) is 6.61. The number of ether oxygens (including phenoxy) is 4. The van der Waals surface area contributed by atoms with Gasteiger partial charge < -0.3 is 18.9 Å². The van der Waals surface area contributed by atoms with Crippen molar-refractivity contribution in [1.29, 1.82) is 0 Å². The van der Waals surface area contributed by atoms with Crippen LogP contribution in [0.15, 0.2) is 30.3 Å². The molecule has 2 aromatic carbocycles. The number of rotatable bonds is 7. The van der Waals surface area contributed by atoms with Crippen LogP contribution in [-0.2, 0) is 4.74 Å². The molecular formula is C23H26N2O5S. The number of carbonyl (C=O) groups is 1. The molecule has 1 fully saturated rings. The summed E-state index contributed by atoms with van der Waals surface area (Å²) in [6, 6.07) is 9.08. The Labute approximate surface area is 185 Å². The van der Waals surface area contributed by atoms with Crippen LogP contribution in [0.2, 0.25) is 0 Å². The van der Waals surface area contributed by atoms with Gasteiger partial charge in [0.05, 0.1) is 38.7 Å². The number of amides is 1. The first-order valence-electron chi connectivity index (χ1n) is 10.1. The van der Waals surface area contributed by atoms with Gasteiger partial charge in [-0.2, -0.15) is 0 Å². The predicted molar refractivity (Wildman–Crippen MR) is 121 cm³/mol. The summed E-state index contributed by atoms with van der Waals surface area (Å²) in [5.74, 6) is 1.63. The molecule has 1 atom stereocenters. The highest BCUT2D eigenvalue weighted by Crippen LogP contribution is 2.37. The van der Waals surface area contributed by atoms with E-state index in [4.69, 9.17) is 23.9 Å². The lowest BCUT2D eigenvalue weighted by Gasteiger charge is -2.23. The van der Waals surface area contributed by atoms with E-state index >= 15 is 0 Å². The van der Waals surface area contributed by atoms with Crippen molar-refractivity contribution in [2.24, 2.45) is 0 Å². The Bertz CT molecular complexity index is 1070. The minimum absolute atomic E-state index is 0.0218. The Balaban J connectivity index is 1.79. The number of fused-ring (bicyclic) bond motifs is 1. The van der Waals surface area contributed by atoms with E-state index in [1.807, 2.05) is 19.1 Å². The standard InChI is InChI=1S/C23H26N2O5S/c1-14-7-8-19(29-4)20-21(14)31-23(24-20)25(13-16-6-5-9-30-16)22(26)15-10-17(27-2)12-18(11-15)28-3/h7-8,10-12,16H,5-6,9,13H2,1-4H3. The number of hydrogen-bond donors (Lipinski definition) is 0. The highest BCUT2D eigenvalue weighted by atomic mass is 32.1. The Morgan fingerprint density at radius 3 is 2.52 bits per heavy atom. The van der Waals surface area contributed by atoms with Crippen molar-refractivity contribution >= 4 is 32.6 Å². The summed E-state index contributed by atoms with van der Waals surface area (Å²) in [5, 5.41) is 0.616. The molecule has 1 amide bonds. The zero-order valence-electron chi connectivity index (χ0n) is 18.1. The van der Waals surface area contributed by atoms with Gasteiger partial charge in [0.1, 0.15) is 22.8 Å². The molecule has 164 valence electrons. The Kier molecular flexibility index (Phi) is 6.29. The van der Waals surface area contributed by atoms with Crippen LogP contribution < -0.4 is 19.1 Å². The first-order chi connectivity index (χ1) is 15.0. The normalized spacial score (nSPS) is 15.8. The van der Waals surface area contributed by atoms with Crippen LogP contribution in [0.5, 0.6) is 17.2 Å². The molecule has 3 aromatic rings. The SMILES string of the molecule is COc1cc(OC)cc(C(=O)N(CC2CCCO2)c2nc3c(OC)ccc(C)c3s2)c1. The maximum absolute atomic E-state index is 13.7. The topological polar surface area (TPSA) is 70.1 Å². The third-order valence-electron chi connectivity index (χ3n) is 5.40. The van der Waals surface area contributed by atoms with Gasteiger partial charge in [0.2, 0.25) is 0 Å². The van der Waals surface area contributed by atoms with E-state index in [0.717, 1.165) is 28.6 Å². The number of nitrogens with zero attached hydrogens (tertiary/aromatic N) is 2. The summed E-state index contributed by atoms with van der Waals surface area (Å²) in [6.07, 6.45) is 1.89. The van der Waals surface area contributed by atoms with Crippen LogP contribution in [-0.4, -0.2) is 51.5 Å². The highest BCUT2D eigenvalue weighted by molar-refractivity contribution is 7.22. The third kappa shape index (κ3) is 4.31. The molecule has 1 aromatic heterocycles. The molecule has 31 heavy (non-hydrogen) atoms. The molecule has 0 aliphatic carbocycles. The minimum atomic E-state index is -0.177. The molecule has 0 N–H and O–H groups in total. The Morgan fingerprint density at radius 1 is 1.16 bits per heavy atom. The van der Waals surface area contributed by atoms with Crippen molar-refractivity contribution in [3.8, 4) is 17.2 Å². The van der Waals surface area contributed by atoms with Gasteiger partial charge in [-0.05, 0) is 43.5 Å². The van der Waals surface area contributed by atoms with Crippen molar-refractivity contribution in [3.05, 3.63) is 41.5 Å². The molecule has 1 aliphatic rings. The summed E-state index contributed by atoms with van der Waals surface area (Å²) in [4.78, 5) is 20.2. The number of aromatic nitrogens is 1. The second-order valence-electron chi connectivity index (χ2n) is 7.41. The summed E-state index contributed by atoms with van der Waals surface area (Å²) >= 11 is 1.48. The minimum Gasteiger partial charge on any atom is -0.497 e. The maximum Gasteiger partial charge on any atom is 0.260 e. The van der Waals surface area contributed by atoms with Crippen molar-refractivity contribution in [3.63, 3.8) is 0 Å². The van der Waals surface area contributed by atoms with Gasteiger partial charge in [-0.1, -0.05) is 17.4 Å². The molecule has 0 spiro atoms. The van der Waals surface area contributed by atoms with Crippen molar-refractivity contribution in [2.75, 3.05) is 39.4 Å². The number of hydrogen-bond acceptors (Lipinski definition) is 7. The monoisotopic (exact) mass is 442 g/mol. The van der Waals surface area contributed by atoms with Crippen LogP contribution in [0.3, 0.4) is 0 Å². The zero-order valence-corrected chi connectivity index (χ0v) is 19.0. The van der Waals surface area contributed by atoms with E-state index in [9.17, 15) is 4.79 Å². The highest BCUT2D eigenvalue weighted by Gasteiger charge is 2.28. The number of carbonyl (C=O) groups excluding carboxylic acids is 1.